The van der Waals surface area contributed by atoms with Gasteiger partial charge >= 0.3 is 0 Å². The standard InChI is InChI=1S/C21H17BrF2N6O2/c22-13-3-5-15(6-4-13)32-11-29-10-14(9-25-29)26-21(31)17-8-19-27-16(12-1-2-12)7-18(20(23)24)30(19)28-17/h3-10,12,20H,1-2,11H2,(H,26,31). The largest absolute Gasteiger partial charge is 0.471 e. The van der Waals surface area contributed by atoms with Crippen LogP contribution in [0.3, 0.4) is 0 Å². The number of amides is 1. The Morgan fingerprint density at radius 1 is 1.25 bits per heavy atom. The van der Waals surface area contributed by atoms with E-state index < -0.39 is 12.3 Å². The molecule has 1 amide bonds. The molecule has 4 aromatic rings. The molecule has 1 fully saturated rings. The second-order valence-corrected chi connectivity index (χ2v) is 8.35. The van der Waals surface area contributed by atoms with Crippen LogP contribution in [0, 0.1) is 0 Å². The maximum atomic E-state index is 13.5. The van der Waals surface area contributed by atoms with E-state index in [2.05, 4.69) is 36.4 Å². The zero-order valence-corrected chi connectivity index (χ0v) is 18.2. The molecule has 164 valence electrons. The molecule has 1 saturated carbocycles. The number of halogens is 3. The van der Waals surface area contributed by atoms with Crippen LogP contribution in [0.5, 0.6) is 5.75 Å². The molecular formula is C21H17BrF2N6O2. The molecule has 32 heavy (non-hydrogen) atoms. The van der Waals surface area contributed by atoms with Crippen molar-refractivity contribution in [1.29, 1.82) is 0 Å². The van der Waals surface area contributed by atoms with Gasteiger partial charge in [0.15, 0.2) is 18.1 Å². The molecule has 5 rings (SSSR count). The Kier molecular flexibility index (Phi) is 5.33. The van der Waals surface area contributed by atoms with Gasteiger partial charge in [-0.3, -0.25) is 4.79 Å². The third kappa shape index (κ3) is 4.33. The fourth-order valence-corrected chi connectivity index (χ4v) is 3.50. The summed E-state index contributed by atoms with van der Waals surface area (Å²) in [7, 11) is 0. The average molecular weight is 503 g/mol. The molecule has 0 radical (unpaired) electrons. The van der Waals surface area contributed by atoms with E-state index in [9.17, 15) is 13.6 Å². The molecule has 3 aromatic heterocycles. The van der Waals surface area contributed by atoms with E-state index in [-0.39, 0.29) is 29.7 Å². The summed E-state index contributed by atoms with van der Waals surface area (Å²) in [4.78, 5) is 17.0. The van der Waals surface area contributed by atoms with Crippen molar-refractivity contribution >= 4 is 33.2 Å². The van der Waals surface area contributed by atoms with Crippen molar-refractivity contribution in [2.24, 2.45) is 0 Å². The number of hydrogen-bond acceptors (Lipinski definition) is 5. The monoisotopic (exact) mass is 502 g/mol. The van der Waals surface area contributed by atoms with Crippen LogP contribution < -0.4 is 10.1 Å². The third-order valence-corrected chi connectivity index (χ3v) is 5.52. The Bertz CT molecular complexity index is 1280. The molecular weight excluding hydrogens is 486 g/mol. The average Bonchev–Trinajstić information content (AvgIpc) is 3.38. The Balaban J connectivity index is 1.29. The molecule has 1 N–H and O–H groups in total. The second kappa shape index (κ2) is 8.30. The van der Waals surface area contributed by atoms with E-state index in [1.54, 1.807) is 6.20 Å². The second-order valence-electron chi connectivity index (χ2n) is 7.43. The van der Waals surface area contributed by atoms with Gasteiger partial charge in [-0.15, -0.1) is 0 Å². The summed E-state index contributed by atoms with van der Waals surface area (Å²) in [6.45, 7) is 0.150. The molecule has 0 bridgehead atoms. The fourth-order valence-electron chi connectivity index (χ4n) is 3.24. The van der Waals surface area contributed by atoms with E-state index in [1.165, 1.54) is 23.0 Å². The molecule has 0 saturated heterocycles. The van der Waals surface area contributed by atoms with Gasteiger partial charge in [0, 0.05) is 22.2 Å². The highest BCUT2D eigenvalue weighted by Gasteiger charge is 2.28. The first-order valence-corrected chi connectivity index (χ1v) is 10.7. The molecule has 1 aliphatic rings. The van der Waals surface area contributed by atoms with Crippen molar-refractivity contribution in [1.82, 2.24) is 24.4 Å². The van der Waals surface area contributed by atoms with Gasteiger partial charge in [0.25, 0.3) is 12.3 Å². The van der Waals surface area contributed by atoms with Crippen LogP contribution >= 0.6 is 15.9 Å². The first-order valence-electron chi connectivity index (χ1n) is 9.87. The SMILES string of the molecule is O=C(Nc1cnn(COc2ccc(Br)cc2)c1)c1cc2nc(C3CC3)cc(C(F)F)n2n1. The number of anilines is 1. The highest BCUT2D eigenvalue weighted by molar-refractivity contribution is 9.10. The minimum absolute atomic E-state index is 0.00814. The fraction of sp³-hybridized carbons (Fsp3) is 0.238. The summed E-state index contributed by atoms with van der Waals surface area (Å²) in [5.74, 6) is 0.332. The van der Waals surface area contributed by atoms with Gasteiger partial charge in [0.2, 0.25) is 0 Å². The number of hydrogen-bond donors (Lipinski definition) is 1. The van der Waals surface area contributed by atoms with Gasteiger partial charge in [0.05, 0.1) is 18.1 Å². The third-order valence-electron chi connectivity index (χ3n) is 4.99. The number of carbonyl (C=O) groups is 1. The lowest BCUT2D eigenvalue weighted by Crippen LogP contribution is -2.13. The first-order chi connectivity index (χ1) is 15.5. The first kappa shape index (κ1) is 20.6. The zero-order valence-electron chi connectivity index (χ0n) is 16.6. The molecule has 11 heteroatoms. The lowest BCUT2D eigenvalue weighted by Gasteiger charge is -2.06. The normalized spacial score (nSPS) is 13.6. The van der Waals surface area contributed by atoms with Gasteiger partial charge in [-0.1, -0.05) is 15.9 Å². The molecule has 0 unspecified atom stereocenters. The number of fused-ring (bicyclic) bond motifs is 1. The van der Waals surface area contributed by atoms with Crippen molar-refractivity contribution in [3.8, 4) is 5.75 Å². The summed E-state index contributed by atoms with van der Waals surface area (Å²) in [6, 6.07) is 10.1. The summed E-state index contributed by atoms with van der Waals surface area (Å²) in [5.41, 5.74) is 0.993. The molecule has 0 atom stereocenters. The van der Waals surface area contributed by atoms with E-state index in [0.717, 1.165) is 21.8 Å². The topological polar surface area (TPSA) is 86.3 Å². The Morgan fingerprint density at radius 3 is 2.75 bits per heavy atom. The van der Waals surface area contributed by atoms with Crippen LogP contribution in [0.2, 0.25) is 0 Å². The lowest BCUT2D eigenvalue weighted by atomic mass is 10.2. The highest BCUT2D eigenvalue weighted by atomic mass is 79.9. The van der Waals surface area contributed by atoms with Crippen molar-refractivity contribution < 1.29 is 18.3 Å². The highest BCUT2D eigenvalue weighted by Crippen LogP contribution is 2.40. The summed E-state index contributed by atoms with van der Waals surface area (Å²) in [5, 5.41) is 10.9. The molecule has 1 aromatic carbocycles. The minimum atomic E-state index is -2.72. The molecule has 8 nitrogen and oxygen atoms in total. The Labute approximate surface area is 189 Å². The van der Waals surface area contributed by atoms with Gasteiger partial charge < -0.3 is 10.1 Å². The number of rotatable bonds is 7. The smallest absolute Gasteiger partial charge is 0.280 e. The van der Waals surface area contributed by atoms with E-state index >= 15 is 0 Å². The van der Waals surface area contributed by atoms with Crippen LogP contribution in [-0.4, -0.2) is 30.3 Å². The maximum absolute atomic E-state index is 13.5. The van der Waals surface area contributed by atoms with Crippen molar-refractivity contribution in [3.05, 3.63) is 70.3 Å². The van der Waals surface area contributed by atoms with Crippen LogP contribution in [0.15, 0.2) is 53.3 Å². The summed E-state index contributed by atoms with van der Waals surface area (Å²) < 4.78 is 36.2. The number of benzene rings is 1. The summed E-state index contributed by atoms with van der Waals surface area (Å²) >= 11 is 3.36. The lowest BCUT2D eigenvalue weighted by molar-refractivity contribution is 0.102. The van der Waals surface area contributed by atoms with E-state index in [1.807, 2.05) is 24.3 Å². The number of ether oxygens (including phenoxy) is 1. The molecule has 0 aliphatic heterocycles. The summed E-state index contributed by atoms with van der Waals surface area (Å²) in [6.07, 6.45) is 2.21. The molecule has 1 aliphatic carbocycles. The van der Waals surface area contributed by atoms with Gasteiger partial charge in [0.1, 0.15) is 11.4 Å². The minimum Gasteiger partial charge on any atom is -0.471 e. The van der Waals surface area contributed by atoms with E-state index in [0.29, 0.717) is 17.1 Å². The van der Waals surface area contributed by atoms with Crippen LogP contribution in [0.4, 0.5) is 14.5 Å². The molecule has 3 heterocycles. The predicted octanol–water partition coefficient (Wildman–Crippen LogP) is 4.79. The van der Waals surface area contributed by atoms with E-state index in [4.69, 9.17) is 4.74 Å². The van der Waals surface area contributed by atoms with Gasteiger partial charge in [-0.05, 0) is 43.2 Å². The van der Waals surface area contributed by atoms with Crippen LogP contribution in [0.25, 0.3) is 5.65 Å². The van der Waals surface area contributed by atoms with Crippen molar-refractivity contribution in [3.63, 3.8) is 0 Å². The van der Waals surface area contributed by atoms with Crippen LogP contribution in [0.1, 0.15) is 47.1 Å². The number of nitrogens with one attached hydrogen (secondary N) is 1. The van der Waals surface area contributed by atoms with Crippen LogP contribution in [-0.2, 0) is 6.73 Å². The maximum Gasteiger partial charge on any atom is 0.280 e. The molecule has 0 spiro atoms. The number of nitrogens with zero attached hydrogens (tertiary/aromatic N) is 5. The Hall–Kier alpha value is -3.34. The quantitative estimate of drug-likeness (QED) is 0.392. The van der Waals surface area contributed by atoms with Crippen molar-refractivity contribution in [2.75, 3.05) is 5.32 Å². The van der Waals surface area contributed by atoms with Gasteiger partial charge in [-0.2, -0.15) is 10.2 Å². The Morgan fingerprint density at radius 2 is 2.03 bits per heavy atom. The number of aromatic nitrogens is 5. The van der Waals surface area contributed by atoms with Crippen molar-refractivity contribution in [2.45, 2.75) is 31.9 Å². The zero-order chi connectivity index (χ0) is 22.2. The number of carbonyl (C=O) groups excluding carboxylic acids is 1. The van der Waals surface area contributed by atoms with Gasteiger partial charge in [-0.25, -0.2) is 23.0 Å². The predicted molar refractivity (Wildman–Crippen MR) is 115 cm³/mol. The number of alkyl halides is 2.